The smallest absolute Gasteiger partial charge is 0.0477 e. The van der Waals surface area contributed by atoms with E-state index in [0.29, 0.717) is 5.92 Å². The van der Waals surface area contributed by atoms with Gasteiger partial charge in [0.25, 0.3) is 0 Å². The van der Waals surface area contributed by atoms with Crippen LogP contribution in [-0.2, 0) is 6.42 Å². The van der Waals surface area contributed by atoms with Gasteiger partial charge in [0.05, 0.1) is 0 Å². The van der Waals surface area contributed by atoms with Crippen molar-refractivity contribution in [2.45, 2.75) is 29.7 Å². The molecular weight excluding hydrogens is 264 g/mol. The van der Waals surface area contributed by atoms with Crippen LogP contribution >= 0.6 is 11.8 Å². The lowest BCUT2D eigenvalue weighted by Gasteiger charge is -2.33. The van der Waals surface area contributed by atoms with Crippen LogP contribution in [0.4, 0.5) is 0 Å². The Bertz CT molecular complexity index is 597. The van der Waals surface area contributed by atoms with Crippen molar-refractivity contribution in [3.63, 3.8) is 0 Å². The minimum Gasteiger partial charge on any atom is -0.271 e. The van der Waals surface area contributed by atoms with E-state index in [1.54, 1.807) is 11.8 Å². The van der Waals surface area contributed by atoms with Gasteiger partial charge in [-0.15, -0.1) is 11.8 Å². The van der Waals surface area contributed by atoms with Crippen molar-refractivity contribution >= 4 is 11.8 Å². The van der Waals surface area contributed by atoms with Gasteiger partial charge in [-0.25, -0.2) is 0 Å². The lowest BCUT2D eigenvalue weighted by atomic mass is 9.74. The first-order chi connectivity index (χ1) is 9.83. The van der Waals surface area contributed by atoms with E-state index in [1.165, 1.54) is 28.0 Å². The number of hydrogen-bond acceptors (Lipinski definition) is 3. The predicted octanol–water partition coefficient (Wildman–Crippen LogP) is 3.64. The fraction of sp³-hybridized carbons (Fsp3) is 0.294. The van der Waals surface area contributed by atoms with E-state index < -0.39 is 0 Å². The molecule has 0 amide bonds. The van der Waals surface area contributed by atoms with Crippen molar-refractivity contribution in [3.05, 3.63) is 65.2 Å². The van der Waals surface area contributed by atoms with E-state index in [2.05, 4.69) is 60.2 Å². The van der Waals surface area contributed by atoms with Crippen LogP contribution in [0.3, 0.4) is 0 Å². The zero-order valence-corrected chi connectivity index (χ0v) is 12.5. The molecule has 3 heteroatoms. The van der Waals surface area contributed by atoms with Gasteiger partial charge in [-0.2, -0.15) is 0 Å². The van der Waals surface area contributed by atoms with Gasteiger partial charge in [0, 0.05) is 10.9 Å². The Labute approximate surface area is 124 Å². The van der Waals surface area contributed by atoms with E-state index in [9.17, 15) is 0 Å². The first kappa shape index (κ1) is 13.7. The van der Waals surface area contributed by atoms with Crippen LogP contribution in [0.1, 0.15) is 35.1 Å². The molecule has 3 rings (SSSR count). The molecule has 0 aliphatic heterocycles. The quantitative estimate of drug-likeness (QED) is 0.500. The molecule has 0 saturated carbocycles. The molecule has 2 unspecified atom stereocenters. The van der Waals surface area contributed by atoms with Gasteiger partial charge in [-0.1, -0.05) is 42.5 Å². The highest BCUT2D eigenvalue weighted by molar-refractivity contribution is 7.98. The Balaban J connectivity index is 1.79. The first-order valence-corrected chi connectivity index (χ1v) is 8.22. The third-order valence-electron chi connectivity index (χ3n) is 4.20. The van der Waals surface area contributed by atoms with Gasteiger partial charge in [0.2, 0.25) is 0 Å². The SMILES string of the molecule is CSc1ccccc1C(CC1Cc2ccccc21)NN. The highest BCUT2D eigenvalue weighted by atomic mass is 32.2. The third-order valence-corrected chi connectivity index (χ3v) is 5.01. The number of hydrogen-bond donors (Lipinski definition) is 2. The van der Waals surface area contributed by atoms with Gasteiger partial charge in [0.15, 0.2) is 0 Å². The van der Waals surface area contributed by atoms with Crippen molar-refractivity contribution < 1.29 is 0 Å². The Morgan fingerprint density at radius 2 is 1.95 bits per heavy atom. The van der Waals surface area contributed by atoms with Crippen LogP contribution in [0.25, 0.3) is 0 Å². The normalized spacial score (nSPS) is 18.2. The number of benzene rings is 2. The Morgan fingerprint density at radius 3 is 2.70 bits per heavy atom. The number of fused-ring (bicyclic) bond motifs is 1. The summed E-state index contributed by atoms with van der Waals surface area (Å²) < 4.78 is 0. The van der Waals surface area contributed by atoms with E-state index >= 15 is 0 Å². The molecule has 2 aromatic carbocycles. The minimum atomic E-state index is 0.219. The molecule has 0 fully saturated rings. The lowest BCUT2D eigenvalue weighted by molar-refractivity contribution is 0.431. The minimum absolute atomic E-state index is 0.219. The van der Waals surface area contributed by atoms with Crippen LogP contribution in [0.2, 0.25) is 0 Å². The lowest BCUT2D eigenvalue weighted by Crippen LogP contribution is -2.32. The Morgan fingerprint density at radius 1 is 1.20 bits per heavy atom. The molecule has 0 saturated heterocycles. The van der Waals surface area contributed by atoms with Crippen molar-refractivity contribution in [1.82, 2.24) is 5.43 Å². The molecule has 1 aliphatic rings. The number of rotatable bonds is 5. The molecule has 2 nitrogen and oxygen atoms in total. The molecular formula is C17H20N2S. The molecule has 0 spiro atoms. The molecule has 0 radical (unpaired) electrons. The van der Waals surface area contributed by atoms with Crippen molar-refractivity contribution in [2.24, 2.45) is 5.84 Å². The summed E-state index contributed by atoms with van der Waals surface area (Å²) in [5, 5.41) is 0. The predicted molar refractivity (Wildman–Crippen MR) is 85.8 cm³/mol. The highest BCUT2D eigenvalue weighted by Crippen LogP contribution is 2.41. The molecule has 20 heavy (non-hydrogen) atoms. The maximum Gasteiger partial charge on any atom is 0.0477 e. The topological polar surface area (TPSA) is 38.0 Å². The average Bonchev–Trinajstić information content (AvgIpc) is 2.49. The van der Waals surface area contributed by atoms with Crippen molar-refractivity contribution in [2.75, 3.05) is 6.26 Å². The summed E-state index contributed by atoms with van der Waals surface area (Å²) in [5.74, 6) is 6.44. The maximum atomic E-state index is 5.82. The zero-order valence-electron chi connectivity index (χ0n) is 11.7. The second-order valence-corrected chi connectivity index (χ2v) is 6.14. The summed E-state index contributed by atoms with van der Waals surface area (Å²) in [6, 6.07) is 17.5. The third kappa shape index (κ3) is 2.49. The fourth-order valence-corrected chi connectivity index (χ4v) is 3.76. The molecule has 0 aromatic heterocycles. The van der Waals surface area contributed by atoms with E-state index in [-0.39, 0.29) is 6.04 Å². The number of hydrazine groups is 1. The summed E-state index contributed by atoms with van der Waals surface area (Å²) in [6.45, 7) is 0. The summed E-state index contributed by atoms with van der Waals surface area (Å²) in [7, 11) is 0. The summed E-state index contributed by atoms with van der Waals surface area (Å²) in [6.07, 6.45) is 4.35. The number of thioether (sulfide) groups is 1. The van der Waals surface area contributed by atoms with Crippen LogP contribution < -0.4 is 11.3 Å². The monoisotopic (exact) mass is 284 g/mol. The van der Waals surface area contributed by atoms with E-state index in [0.717, 1.165) is 6.42 Å². The van der Waals surface area contributed by atoms with Gasteiger partial charge in [-0.3, -0.25) is 11.3 Å². The fourth-order valence-electron chi connectivity index (χ4n) is 3.10. The molecule has 104 valence electrons. The maximum absolute atomic E-state index is 5.82. The average molecular weight is 284 g/mol. The second-order valence-electron chi connectivity index (χ2n) is 5.30. The van der Waals surface area contributed by atoms with Crippen LogP contribution in [0, 0.1) is 0 Å². The van der Waals surface area contributed by atoms with Gasteiger partial charge < -0.3 is 0 Å². The molecule has 0 bridgehead atoms. The van der Waals surface area contributed by atoms with Crippen LogP contribution in [0.5, 0.6) is 0 Å². The zero-order chi connectivity index (χ0) is 13.9. The summed E-state index contributed by atoms with van der Waals surface area (Å²) in [5.41, 5.74) is 7.31. The van der Waals surface area contributed by atoms with Gasteiger partial charge in [-0.05, 0) is 47.8 Å². The number of nitrogens with two attached hydrogens (primary N) is 1. The Kier molecular flexibility index (Phi) is 4.10. The largest absolute Gasteiger partial charge is 0.271 e. The molecule has 2 atom stereocenters. The van der Waals surface area contributed by atoms with Crippen molar-refractivity contribution in [3.8, 4) is 0 Å². The molecule has 2 aromatic rings. The van der Waals surface area contributed by atoms with Gasteiger partial charge >= 0.3 is 0 Å². The van der Waals surface area contributed by atoms with E-state index in [4.69, 9.17) is 5.84 Å². The van der Waals surface area contributed by atoms with Crippen molar-refractivity contribution in [1.29, 1.82) is 0 Å². The second kappa shape index (κ2) is 6.00. The Hall–Kier alpha value is -1.29. The summed E-state index contributed by atoms with van der Waals surface area (Å²) in [4.78, 5) is 1.31. The van der Waals surface area contributed by atoms with Crippen LogP contribution in [-0.4, -0.2) is 6.26 Å². The summed E-state index contributed by atoms with van der Waals surface area (Å²) >= 11 is 1.78. The standard InChI is InChI=1S/C17H20N2S/c1-20-17-9-5-4-8-15(17)16(19-18)11-13-10-12-6-2-3-7-14(12)13/h2-9,13,16,19H,10-11,18H2,1H3. The van der Waals surface area contributed by atoms with Gasteiger partial charge in [0.1, 0.15) is 0 Å². The van der Waals surface area contributed by atoms with Crippen LogP contribution in [0.15, 0.2) is 53.4 Å². The van der Waals surface area contributed by atoms with E-state index in [1.807, 2.05) is 0 Å². The highest BCUT2D eigenvalue weighted by Gasteiger charge is 2.28. The first-order valence-electron chi connectivity index (χ1n) is 7.00. The number of nitrogens with one attached hydrogen (secondary N) is 1. The molecule has 0 heterocycles. The molecule has 1 aliphatic carbocycles. The molecule has 3 N–H and O–H groups in total.